The number of nitrogens with zero attached hydrogens (tertiary/aromatic N) is 3. The number of ether oxygens (including phenoxy) is 2. The molecule has 0 amide bonds. The van der Waals surface area contributed by atoms with Crippen LogP contribution in [0.25, 0.3) is 0 Å². The molecule has 1 N–H and O–H groups in total. The summed E-state index contributed by atoms with van der Waals surface area (Å²) in [7, 11) is 0. The van der Waals surface area contributed by atoms with Crippen molar-refractivity contribution in [1.82, 2.24) is 14.9 Å². The molecule has 0 atom stereocenters. The molecule has 0 fully saturated rings. The minimum atomic E-state index is 0.452. The molecule has 1 aromatic heterocycles. The van der Waals surface area contributed by atoms with Gasteiger partial charge < -0.3 is 9.47 Å². The van der Waals surface area contributed by atoms with Crippen LogP contribution in [0.2, 0.25) is 0 Å². The molecule has 27 heavy (non-hydrogen) atoms. The molecule has 0 saturated carbocycles. The van der Waals surface area contributed by atoms with Gasteiger partial charge in [0.25, 0.3) is 0 Å². The topological polar surface area (TPSA) is 64.4 Å². The van der Waals surface area contributed by atoms with Gasteiger partial charge in [0.2, 0.25) is 4.77 Å². The van der Waals surface area contributed by atoms with Gasteiger partial charge >= 0.3 is 0 Å². The summed E-state index contributed by atoms with van der Waals surface area (Å²) in [6.07, 6.45) is 2.37. The van der Waals surface area contributed by atoms with Crippen molar-refractivity contribution in [1.29, 1.82) is 0 Å². The molecule has 0 aliphatic carbocycles. The van der Waals surface area contributed by atoms with Crippen molar-refractivity contribution in [3.8, 4) is 11.5 Å². The van der Waals surface area contributed by atoms with E-state index in [-0.39, 0.29) is 0 Å². The lowest BCUT2D eigenvalue weighted by Crippen LogP contribution is -2.01. The monoisotopic (exact) mass is 382 g/mol. The summed E-state index contributed by atoms with van der Waals surface area (Å²) in [6.45, 7) is 5.03. The summed E-state index contributed by atoms with van der Waals surface area (Å²) in [5, 5.41) is 11.6. The highest BCUT2D eigenvalue weighted by atomic mass is 32.1. The molecule has 0 saturated heterocycles. The quantitative estimate of drug-likeness (QED) is 0.468. The Morgan fingerprint density at radius 2 is 1.81 bits per heavy atom. The Kier molecular flexibility index (Phi) is 6.38. The Balaban J connectivity index is 1.85. The maximum atomic E-state index is 5.66. The minimum absolute atomic E-state index is 0.452. The van der Waals surface area contributed by atoms with Gasteiger partial charge in [-0.3, -0.25) is 5.10 Å². The number of hydrogen-bond donors (Lipinski definition) is 1. The van der Waals surface area contributed by atoms with E-state index in [4.69, 9.17) is 21.7 Å². The standard InChI is InChI=1S/C20H22N4O2S/c1-3-25-17-11-10-16(12-18(17)26-4-2)14-21-24-19(22-23-20(24)27)13-15-8-6-5-7-9-15/h5-12,14H,3-4,13H2,1-2H3,(H,23,27)/b21-14-. The molecule has 0 spiro atoms. The van der Waals surface area contributed by atoms with Crippen LogP contribution in [0.4, 0.5) is 0 Å². The molecule has 0 bridgehead atoms. The molecule has 0 aliphatic rings. The van der Waals surface area contributed by atoms with E-state index < -0.39 is 0 Å². The fourth-order valence-electron chi connectivity index (χ4n) is 2.61. The molecule has 6 nitrogen and oxygen atoms in total. The van der Waals surface area contributed by atoms with E-state index in [9.17, 15) is 0 Å². The molecule has 1 heterocycles. The summed E-state index contributed by atoms with van der Waals surface area (Å²) in [6, 6.07) is 15.8. The lowest BCUT2D eigenvalue weighted by Gasteiger charge is -2.11. The van der Waals surface area contributed by atoms with Crippen molar-refractivity contribution in [3.63, 3.8) is 0 Å². The van der Waals surface area contributed by atoms with Gasteiger partial charge in [-0.25, -0.2) is 0 Å². The number of nitrogens with one attached hydrogen (secondary N) is 1. The van der Waals surface area contributed by atoms with E-state index in [2.05, 4.69) is 15.3 Å². The highest BCUT2D eigenvalue weighted by Crippen LogP contribution is 2.28. The second-order valence-electron chi connectivity index (χ2n) is 5.74. The molecule has 3 aromatic rings. The van der Waals surface area contributed by atoms with Crippen LogP contribution in [0, 0.1) is 4.77 Å². The molecule has 0 aliphatic heterocycles. The summed E-state index contributed by atoms with van der Waals surface area (Å²) in [4.78, 5) is 0. The van der Waals surface area contributed by atoms with Gasteiger partial charge in [-0.1, -0.05) is 30.3 Å². The highest BCUT2D eigenvalue weighted by molar-refractivity contribution is 7.71. The first-order valence-electron chi connectivity index (χ1n) is 8.85. The molecular weight excluding hydrogens is 360 g/mol. The van der Waals surface area contributed by atoms with Crippen LogP contribution in [0.15, 0.2) is 53.6 Å². The lowest BCUT2D eigenvalue weighted by atomic mass is 10.1. The minimum Gasteiger partial charge on any atom is -0.490 e. The Morgan fingerprint density at radius 3 is 2.56 bits per heavy atom. The van der Waals surface area contributed by atoms with E-state index in [0.29, 0.717) is 30.2 Å². The zero-order valence-electron chi connectivity index (χ0n) is 15.4. The van der Waals surface area contributed by atoms with Crippen LogP contribution >= 0.6 is 12.2 Å². The van der Waals surface area contributed by atoms with Gasteiger partial charge in [0, 0.05) is 6.42 Å². The van der Waals surface area contributed by atoms with Gasteiger partial charge in [0.05, 0.1) is 19.4 Å². The van der Waals surface area contributed by atoms with Crippen molar-refractivity contribution in [2.45, 2.75) is 20.3 Å². The summed E-state index contributed by atoms with van der Waals surface area (Å²) in [5.74, 6) is 2.17. The van der Waals surface area contributed by atoms with E-state index in [1.165, 1.54) is 0 Å². The number of aromatic nitrogens is 3. The van der Waals surface area contributed by atoms with Gasteiger partial charge in [0.15, 0.2) is 17.3 Å². The lowest BCUT2D eigenvalue weighted by molar-refractivity contribution is 0.288. The number of rotatable bonds is 8. The molecule has 2 aromatic carbocycles. The van der Waals surface area contributed by atoms with Crippen molar-refractivity contribution in [2.75, 3.05) is 13.2 Å². The number of aromatic amines is 1. The molecule has 3 rings (SSSR count). The first kappa shape index (κ1) is 18.8. The Morgan fingerprint density at radius 1 is 1.07 bits per heavy atom. The van der Waals surface area contributed by atoms with Crippen molar-refractivity contribution in [3.05, 3.63) is 70.3 Å². The Bertz CT molecular complexity index is 964. The van der Waals surface area contributed by atoms with Gasteiger partial charge in [-0.2, -0.15) is 14.9 Å². The molecule has 0 unspecified atom stereocenters. The zero-order chi connectivity index (χ0) is 19.1. The maximum Gasteiger partial charge on any atom is 0.216 e. The normalized spacial score (nSPS) is 11.0. The molecule has 7 heteroatoms. The van der Waals surface area contributed by atoms with Crippen molar-refractivity contribution < 1.29 is 9.47 Å². The van der Waals surface area contributed by atoms with Crippen molar-refractivity contribution in [2.24, 2.45) is 5.10 Å². The molecule has 0 radical (unpaired) electrons. The molecule has 140 valence electrons. The van der Waals surface area contributed by atoms with Crippen LogP contribution in [0.3, 0.4) is 0 Å². The fourth-order valence-corrected chi connectivity index (χ4v) is 2.81. The Hall–Kier alpha value is -2.93. The van der Waals surface area contributed by atoms with Crippen LogP contribution in [0.1, 0.15) is 30.8 Å². The van der Waals surface area contributed by atoms with E-state index >= 15 is 0 Å². The van der Waals surface area contributed by atoms with E-state index in [1.54, 1.807) is 10.9 Å². The largest absolute Gasteiger partial charge is 0.490 e. The maximum absolute atomic E-state index is 5.66. The van der Waals surface area contributed by atoms with Crippen molar-refractivity contribution >= 4 is 18.4 Å². The Labute approximate surface area is 163 Å². The second-order valence-corrected chi connectivity index (χ2v) is 6.12. The second kappa shape index (κ2) is 9.14. The van der Waals surface area contributed by atoms with Crippen LogP contribution < -0.4 is 9.47 Å². The SMILES string of the molecule is CCOc1ccc(/C=N\n2c(Cc3ccccc3)n[nH]c2=S)cc1OCC. The first-order valence-corrected chi connectivity index (χ1v) is 9.26. The summed E-state index contributed by atoms with van der Waals surface area (Å²) in [5.41, 5.74) is 2.03. The number of benzene rings is 2. The average molecular weight is 382 g/mol. The first-order chi connectivity index (χ1) is 13.2. The summed E-state index contributed by atoms with van der Waals surface area (Å²) < 4.78 is 13.3. The predicted molar refractivity (Wildman–Crippen MR) is 108 cm³/mol. The van der Waals surface area contributed by atoms with E-state index in [1.807, 2.05) is 62.4 Å². The third kappa shape index (κ3) is 4.83. The number of H-pyrrole nitrogens is 1. The third-order valence-electron chi connectivity index (χ3n) is 3.81. The van der Waals surface area contributed by atoms with Crippen LogP contribution in [-0.4, -0.2) is 34.3 Å². The average Bonchev–Trinajstić information content (AvgIpc) is 3.02. The van der Waals surface area contributed by atoms with Crippen LogP contribution in [0.5, 0.6) is 11.5 Å². The fraction of sp³-hybridized carbons (Fsp3) is 0.250. The van der Waals surface area contributed by atoms with E-state index in [0.717, 1.165) is 22.7 Å². The smallest absolute Gasteiger partial charge is 0.216 e. The summed E-state index contributed by atoms with van der Waals surface area (Å²) >= 11 is 5.31. The third-order valence-corrected chi connectivity index (χ3v) is 4.08. The van der Waals surface area contributed by atoms with Gasteiger partial charge in [-0.05, 0) is 55.4 Å². The van der Waals surface area contributed by atoms with Gasteiger partial charge in [0.1, 0.15) is 0 Å². The number of hydrogen-bond acceptors (Lipinski definition) is 5. The van der Waals surface area contributed by atoms with Gasteiger partial charge in [-0.15, -0.1) is 0 Å². The highest BCUT2D eigenvalue weighted by Gasteiger charge is 2.08. The van der Waals surface area contributed by atoms with Crippen LogP contribution in [-0.2, 0) is 6.42 Å². The molecular formula is C20H22N4O2S. The zero-order valence-corrected chi connectivity index (χ0v) is 16.2. The predicted octanol–water partition coefficient (Wildman–Crippen LogP) is 4.21.